The average Bonchev–Trinajstić information content (AvgIpc) is 3.28. The first-order valence-corrected chi connectivity index (χ1v) is 9.73. The first-order valence-electron chi connectivity index (χ1n) is 9.73. The molecule has 0 aliphatic carbocycles. The summed E-state index contributed by atoms with van der Waals surface area (Å²) in [6.07, 6.45) is -0.602. The molecular weight excluding hydrogens is 416 g/mol. The Morgan fingerprint density at radius 3 is 2.66 bits per heavy atom. The molecule has 166 valence electrons. The third kappa shape index (κ3) is 4.43. The zero-order chi connectivity index (χ0) is 22.9. The Labute approximate surface area is 182 Å². The Morgan fingerprint density at radius 1 is 1.16 bits per heavy atom. The Balaban J connectivity index is 1.58. The first-order chi connectivity index (χ1) is 15.2. The van der Waals surface area contributed by atoms with Gasteiger partial charge in [0, 0.05) is 7.05 Å². The fraction of sp³-hybridized carbons (Fsp3) is 0.300. The van der Waals surface area contributed by atoms with Crippen LogP contribution < -0.4 is 10.1 Å². The standard InChI is InChI=1S/C20H22N8O4/c1-20(2,3)32-19(30)22-15-10-5-7-12(21-15)11-31-18-23-16-13(8-6-9-14(16)29)28(18)17-24-25-26-27(17)4/h5-10,29H,11H2,1-4H3,(H,21,22,30). The van der Waals surface area contributed by atoms with Crippen molar-refractivity contribution in [3.8, 4) is 17.7 Å². The van der Waals surface area contributed by atoms with E-state index in [1.807, 2.05) is 0 Å². The number of imidazole rings is 1. The molecule has 0 saturated carbocycles. The van der Waals surface area contributed by atoms with E-state index in [1.54, 1.807) is 62.7 Å². The number of nitrogens with zero attached hydrogens (tertiary/aromatic N) is 7. The molecule has 32 heavy (non-hydrogen) atoms. The van der Waals surface area contributed by atoms with Crippen LogP contribution in [0.1, 0.15) is 26.5 Å². The van der Waals surface area contributed by atoms with Crippen molar-refractivity contribution in [2.45, 2.75) is 33.0 Å². The number of aromatic nitrogens is 7. The van der Waals surface area contributed by atoms with Crippen molar-refractivity contribution in [2.24, 2.45) is 7.05 Å². The number of anilines is 1. The largest absolute Gasteiger partial charge is 0.506 e. The highest BCUT2D eigenvalue weighted by Gasteiger charge is 2.20. The monoisotopic (exact) mass is 438 g/mol. The number of hydrogen-bond donors (Lipinski definition) is 2. The molecule has 3 aromatic heterocycles. The van der Waals surface area contributed by atoms with Crippen LogP contribution in [0.2, 0.25) is 0 Å². The van der Waals surface area contributed by atoms with Crippen LogP contribution in [0.5, 0.6) is 11.8 Å². The number of rotatable bonds is 5. The Hall–Kier alpha value is -4.22. The van der Waals surface area contributed by atoms with Crippen LogP contribution in [-0.2, 0) is 18.4 Å². The SMILES string of the molecule is Cn1nnnc1-n1c(OCc2cccc(NC(=O)OC(C)(C)C)n2)nc2c(O)cccc21. The van der Waals surface area contributed by atoms with Gasteiger partial charge in [-0.25, -0.2) is 19.0 Å². The molecular formula is C20H22N8O4. The lowest BCUT2D eigenvalue weighted by Gasteiger charge is -2.19. The van der Waals surface area contributed by atoms with E-state index in [1.165, 1.54) is 10.7 Å². The molecule has 1 amide bonds. The van der Waals surface area contributed by atoms with Gasteiger partial charge in [-0.05, 0) is 55.5 Å². The number of tetrazole rings is 1. The second-order valence-corrected chi connectivity index (χ2v) is 7.91. The molecule has 0 aliphatic heterocycles. The van der Waals surface area contributed by atoms with Crippen molar-refractivity contribution >= 4 is 22.9 Å². The summed E-state index contributed by atoms with van der Waals surface area (Å²) in [5.41, 5.74) is 0.840. The molecule has 0 aliphatic rings. The average molecular weight is 438 g/mol. The summed E-state index contributed by atoms with van der Waals surface area (Å²) in [5.74, 6) is 0.688. The van der Waals surface area contributed by atoms with Gasteiger partial charge in [0.05, 0.1) is 11.2 Å². The molecule has 0 unspecified atom stereocenters. The second-order valence-electron chi connectivity index (χ2n) is 7.91. The van der Waals surface area contributed by atoms with Gasteiger partial charge >= 0.3 is 12.1 Å². The molecule has 4 rings (SSSR count). The van der Waals surface area contributed by atoms with Crippen LogP contribution in [0.25, 0.3) is 17.0 Å². The van der Waals surface area contributed by atoms with Crippen molar-refractivity contribution in [3.63, 3.8) is 0 Å². The van der Waals surface area contributed by atoms with Crippen molar-refractivity contribution in [2.75, 3.05) is 5.32 Å². The van der Waals surface area contributed by atoms with Crippen LogP contribution in [0.15, 0.2) is 36.4 Å². The lowest BCUT2D eigenvalue weighted by molar-refractivity contribution is 0.0635. The summed E-state index contributed by atoms with van der Waals surface area (Å²) in [6.45, 7) is 5.38. The van der Waals surface area contributed by atoms with E-state index < -0.39 is 11.7 Å². The highest BCUT2D eigenvalue weighted by molar-refractivity contribution is 5.84. The third-order valence-electron chi connectivity index (χ3n) is 4.22. The van der Waals surface area contributed by atoms with Crippen molar-refractivity contribution in [3.05, 3.63) is 42.1 Å². The molecule has 2 N–H and O–H groups in total. The van der Waals surface area contributed by atoms with Crippen molar-refractivity contribution in [1.82, 2.24) is 34.7 Å². The summed E-state index contributed by atoms with van der Waals surface area (Å²) >= 11 is 0. The summed E-state index contributed by atoms with van der Waals surface area (Å²) < 4.78 is 14.2. The number of ether oxygens (including phenoxy) is 2. The predicted octanol–water partition coefficient (Wildman–Crippen LogP) is 2.58. The fourth-order valence-electron chi connectivity index (χ4n) is 2.94. The molecule has 0 bridgehead atoms. The van der Waals surface area contributed by atoms with Gasteiger partial charge in [0.25, 0.3) is 5.95 Å². The number of benzene rings is 1. The van der Waals surface area contributed by atoms with Gasteiger partial charge in [-0.15, -0.1) is 0 Å². The summed E-state index contributed by atoms with van der Waals surface area (Å²) in [4.78, 5) is 20.8. The van der Waals surface area contributed by atoms with Crippen molar-refractivity contribution in [1.29, 1.82) is 0 Å². The minimum absolute atomic E-state index is 0.00270. The number of aryl methyl sites for hydroxylation is 1. The summed E-state index contributed by atoms with van der Waals surface area (Å²) in [6, 6.07) is 10.3. The fourth-order valence-corrected chi connectivity index (χ4v) is 2.94. The van der Waals surface area contributed by atoms with E-state index in [4.69, 9.17) is 9.47 Å². The lowest BCUT2D eigenvalue weighted by atomic mass is 10.2. The Kier molecular flexibility index (Phi) is 5.34. The van der Waals surface area contributed by atoms with E-state index >= 15 is 0 Å². The summed E-state index contributed by atoms with van der Waals surface area (Å²) in [5, 5.41) is 24.3. The maximum Gasteiger partial charge on any atom is 0.413 e. The number of carbonyl (C=O) groups is 1. The molecule has 0 radical (unpaired) electrons. The Bertz CT molecular complexity index is 1270. The first kappa shape index (κ1) is 21.0. The van der Waals surface area contributed by atoms with Gasteiger partial charge in [-0.3, -0.25) is 5.32 Å². The van der Waals surface area contributed by atoms with Crippen LogP contribution in [0.4, 0.5) is 10.6 Å². The highest BCUT2D eigenvalue weighted by atomic mass is 16.6. The minimum atomic E-state index is -0.621. The number of carbonyl (C=O) groups excluding carboxylic acids is 1. The highest BCUT2D eigenvalue weighted by Crippen LogP contribution is 2.30. The van der Waals surface area contributed by atoms with Crippen LogP contribution in [0, 0.1) is 0 Å². The lowest BCUT2D eigenvalue weighted by Crippen LogP contribution is -2.27. The van der Waals surface area contributed by atoms with E-state index in [0.717, 1.165) is 0 Å². The van der Waals surface area contributed by atoms with E-state index in [-0.39, 0.29) is 18.4 Å². The van der Waals surface area contributed by atoms with Crippen LogP contribution >= 0.6 is 0 Å². The maximum atomic E-state index is 12.0. The van der Waals surface area contributed by atoms with Crippen LogP contribution in [-0.4, -0.2) is 51.5 Å². The van der Waals surface area contributed by atoms with E-state index in [9.17, 15) is 9.90 Å². The normalized spacial score (nSPS) is 11.5. The molecule has 0 spiro atoms. The molecule has 0 atom stereocenters. The minimum Gasteiger partial charge on any atom is -0.506 e. The number of amides is 1. The molecule has 3 heterocycles. The zero-order valence-corrected chi connectivity index (χ0v) is 18.0. The number of pyridine rings is 1. The van der Waals surface area contributed by atoms with Gasteiger partial charge < -0.3 is 14.6 Å². The van der Waals surface area contributed by atoms with E-state index in [0.29, 0.717) is 28.5 Å². The second kappa shape index (κ2) is 8.13. The zero-order valence-electron chi connectivity index (χ0n) is 18.0. The smallest absolute Gasteiger partial charge is 0.413 e. The number of fused-ring (bicyclic) bond motifs is 1. The number of phenols is 1. The number of aromatic hydroxyl groups is 1. The maximum absolute atomic E-state index is 12.0. The van der Waals surface area contributed by atoms with Gasteiger partial charge in [0.15, 0.2) is 0 Å². The van der Waals surface area contributed by atoms with Gasteiger partial charge in [0.2, 0.25) is 0 Å². The van der Waals surface area contributed by atoms with Crippen LogP contribution in [0.3, 0.4) is 0 Å². The van der Waals surface area contributed by atoms with E-state index in [2.05, 4.69) is 30.8 Å². The molecule has 0 saturated heterocycles. The quantitative estimate of drug-likeness (QED) is 0.480. The van der Waals surface area contributed by atoms with Gasteiger partial charge in [0.1, 0.15) is 29.3 Å². The molecule has 12 nitrogen and oxygen atoms in total. The van der Waals surface area contributed by atoms with Gasteiger partial charge in [-0.1, -0.05) is 17.2 Å². The molecule has 0 fully saturated rings. The number of para-hydroxylation sites is 1. The molecule has 12 heteroatoms. The topological polar surface area (TPSA) is 142 Å². The number of phenolic OH excluding ortho intramolecular Hbond substituents is 1. The predicted molar refractivity (Wildman–Crippen MR) is 114 cm³/mol. The Morgan fingerprint density at radius 2 is 1.94 bits per heavy atom. The molecule has 4 aromatic rings. The number of nitrogens with one attached hydrogen (secondary N) is 1. The molecule has 1 aromatic carbocycles. The summed E-state index contributed by atoms with van der Waals surface area (Å²) in [7, 11) is 1.68. The third-order valence-corrected chi connectivity index (χ3v) is 4.22. The van der Waals surface area contributed by atoms with Gasteiger partial charge in [-0.2, -0.15) is 4.98 Å². The number of hydrogen-bond acceptors (Lipinski definition) is 9. The van der Waals surface area contributed by atoms with Crippen molar-refractivity contribution < 1.29 is 19.4 Å².